The Labute approximate surface area is 144 Å². The van der Waals surface area contributed by atoms with Gasteiger partial charge in [-0.3, -0.25) is 0 Å². The average molecular weight is 354 g/mol. The molecule has 1 N–H and O–H groups in total. The van der Waals surface area contributed by atoms with Gasteiger partial charge in [-0.25, -0.2) is 13.2 Å². The number of hydrogen-bond acceptors (Lipinski definition) is 5. The molecule has 24 heavy (non-hydrogen) atoms. The second kappa shape index (κ2) is 8.60. The summed E-state index contributed by atoms with van der Waals surface area (Å²) in [6.07, 6.45) is 2.41. The molecular weight excluding hydrogens is 328 g/mol. The number of nitrogens with one attached hydrogen (secondary N) is 1. The van der Waals surface area contributed by atoms with E-state index >= 15 is 0 Å². The van der Waals surface area contributed by atoms with Crippen molar-refractivity contribution in [3.63, 3.8) is 0 Å². The van der Waals surface area contributed by atoms with Crippen LogP contribution in [0, 0.1) is 0 Å². The molecule has 0 spiro atoms. The van der Waals surface area contributed by atoms with E-state index in [2.05, 4.69) is 5.32 Å². The number of carbonyl (C=O) groups is 1. The highest BCUT2D eigenvalue weighted by atomic mass is 32.2. The fourth-order valence-corrected chi connectivity index (χ4v) is 4.70. The molecule has 7 heteroatoms. The number of rotatable bonds is 7. The van der Waals surface area contributed by atoms with E-state index in [1.165, 1.54) is 24.3 Å². The fraction of sp³-hybridized carbons (Fsp3) is 0.588. The first-order valence-corrected chi connectivity index (χ1v) is 9.94. The van der Waals surface area contributed by atoms with Gasteiger partial charge in [0.25, 0.3) is 0 Å². The Morgan fingerprint density at radius 2 is 1.83 bits per heavy atom. The number of hydrogen-bond donors (Lipinski definition) is 1. The number of ether oxygens (including phenoxy) is 1. The Balaban J connectivity index is 2.24. The first-order chi connectivity index (χ1) is 11.5. The van der Waals surface area contributed by atoms with Crippen LogP contribution in [-0.2, 0) is 14.8 Å². The van der Waals surface area contributed by atoms with E-state index in [9.17, 15) is 13.2 Å². The van der Waals surface area contributed by atoms with E-state index in [-0.39, 0.29) is 10.9 Å². The molecule has 0 bridgehead atoms. The van der Waals surface area contributed by atoms with Crippen LogP contribution in [0.4, 0.5) is 0 Å². The molecule has 0 aromatic heterocycles. The Morgan fingerprint density at radius 3 is 2.38 bits per heavy atom. The topological polar surface area (TPSA) is 75.7 Å². The highest BCUT2D eigenvalue weighted by Crippen LogP contribution is 2.23. The summed E-state index contributed by atoms with van der Waals surface area (Å²) in [4.78, 5) is 11.9. The van der Waals surface area contributed by atoms with Gasteiger partial charge in [0.2, 0.25) is 10.0 Å². The largest absolute Gasteiger partial charge is 0.462 e. The average Bonchev–Trinajstić information content (AvgIpc) is 2.60. The van der Waals surface area contributed by atoms with Crippen LogP contribution < -0.4 is 5.32 Å². The number of sulfonamides is 1. The lowest BCUT2D eigenvalue weighted by Crippen LogP contribution is -2.46. The Morgan fingerprint density at radius 1 is 1.21 bits per heavy atom. The van der Waals surface area contributed by atoms with Crippen molar-refractivity contribution < 1.29 is 17.9 Å². The molecule has 0 aliphatic carbocycles. The molecule has 6 nitrogen and oxygen atoms in total. The first-order valence-electron chi connectivity index (χ1n) is 8.50. The maximum absolute atomic E-state index is 13.0. The minimum Gasteiger partial charge on any atom is -0.462 e. The summed E-state index contributed by atoms with van der Waals surface area (Å²) in [6, 6.07) is 6.03. The maximum Gasteiger partial charge on any atom is 0.338 e. The van der Waals surface area contributed by atoms with Gasteiger partial charge in [-0.2, -0.15) is 4.31 Å². The summed E-state index contributed by atoms with van der Waals surface area (Å²) in [5.41, 5.74) is 0.361. The quantitative estimate of drug-likeness (QED) is 0.758. The molecule has 0 unspecified atom stereocenters. The van der Waals surface area contributed by atoms with Gasteiger partial charge in [0.1, 0.15) is 0 Å². The molecule has 0 radical (unpaired) electrons. The van der Waals surface area contributed by atoms with Crippen molar-refractivity contribution in [2.45, 2.75) is 44.0 Å². The minimum atomic E-state index is -3.56. The van der Waals surface area contributed by atoms with E-state index in [0.29, 0.717) is 18.7 Å². The predicted octanol–water partition coefficient (Wildman–Crippen LogP) is 2.02. The van der Waals surface area contributed by atoms with Crippen LogP contribution in [0.5, 0.6) is 0 Å². The standard InChI is InChI=1S/C17H26N2O4S/c1-3-13-19(15-9-11-18-12-10-15)24(21,22)16-7-5-14(6-8-16)17(20)23-4-2/h5-8,15,18H,3-4,9-13H2,1-2H3. The van der Waals surface area contributed by atoms with Gasteiger partial charge >= 0.3 is 5.97 Å². The lowest BCUT2D eigenvalue weighted by atomic mass is 10.1. The molecule has 0 amide bonds. The summed E-state index contributed by atoms with van der Waals surface area (Å²) in [7, 11) is -3.56. The van der Waals surface area contributed by atoms with Crippen molar-refractivity contribution in [1.82, 2.24) is 9.62 Å². The third-order valence-corrected chi connectivity index (χ3v) is 6.10. The predicted molar refractivity (Wildman–Crippen MR) is 92.5 cm³/mol. The normalized spacial score (nSPS) is 16.3. The minimum absolute atomic E-state index is 0.0286. The first kappa shape index (κ1) is 18.9. The Hall–Kier alpha value is -1.44. The smallest absolute Gasteiger partial charge is 0.338 e. The number of carbonyl (C=O) groups excluding carboxylic acids is 1. The highest BCUT2D eigenvalue weighted by Gasteiger charge is 2.31. The molecule has 1 aromatic rings. The molecule has 1 saturated heterocycles. The molecule has 1 aromatic carbocycles. The number of nitrogens with zero attached hydrogens (tertiary/aromatic N) is 1. The van der Waals surface area contributed by atoms with Crippen molar-refractivity contribution in [2.24, 2.45) is 0 Å². The molecule has 1 aliphatic heterocycles. The second-order valence-electron chi connectivity index (χ2n) is 5.84. The third kappa shape index (κ3) is 4.34. The molecule has 2 rings (SSSR count). The van der Waals surface area contributed by atoms with Crippen molar-refractivity contribution in [2.75, 3.05) is 26.2 Å². The summed E-state index contributed by atoms with van der Waals surface area (Å²) >= 11 is 0. The Kier molecular flexibility index (Phi) is 6.77. The lowest BCUT2D eigenvalue weighted by molar-refractivity contribution is 0.0526. The van der Waals surface area contributed by atoms with Crippen LogP contribution in [0.1, 0.15) is 43.5 Å². The second-order valence-corrected chi connectivity index (χ2v) is 7.73. The SMILES string of the molecule is CCCN(C1CCNCC1)S(=O)(=O)c1ccc(C(=O)OCC)cc1. The fourth-order valence-electron chi connectivity index (χ4n) is 2.93. The van der Waals surface area contributed by atoms with Gasteiger partial charge in [-0.1, -0.05) is 6.92 Å². The zero-order valence-corrected chi connectivity index (χ0v) is 15.1. The molecule has 134 valence electrons. The molecule has 1 heterocycles. The van der Waals surface area contributed by atoms with Crippen molar-refractivity contribution in [1.29, 1.82) is 0 Å². The van der Waals surface area contributed by atoms with Crippen molar-refractivity contribution in [3.8, 4) is 0 Å². The van der Waals surface area contributed by atoms with Crippen LogP contribution in [0.3, 0.4) is 0 Å². The van der Waals surface area contributed by atoms with Crippen LogP contribution in [0.15, 0.2) is 29.2 Å². The number of piperidine rings is 1. The van der Waals surface area contributed by atoms with Crippen LogP contribution in [0.2, 0.25) is 0 Å². The summed E-state index contributed by atoms with van der Waals surface area (Å²) in [5, 5.41) is 3.26. The summed E-state index contributed by atoms with van der Waals surface area (Å²) in [5.74, 6) is -0.440. The lowest BCUT2D eigenvalue weighted by Gasteiger charge is -2.33. The maximum atomic E-state index is 13.0. The number of benzene rings is 1. The summed E-state index contributed by atoms with van der Waals surface area (Å²) < 4.78 is 32.6. The zero-order valence-electron chi connectivity index (χ0n) is 14.3. The van der Waals surface area contributed by atoms with E-state index in [0.717, 1.165) is 32.4 Å². The van der Waals surface area contributed by atoms with E-state index < -0.39 is 16.0 Å². The van der Waals surface area contributed by atoms with Gasteiger partial charge in [0.05, 0.1) is 17.1 Å². The molecule has 0 atom stereocenters. The molecule has 0 saturated carbocycles. The van der Waals surface area contributed by atoms with Gasteiger partial charge in [-0.05, 0) is 63.5 Å². The molecule has 1 fully saturated rings. The van der Waals surface area contributed by atoms with E-state index in [4.69, 9.17) is 4.74 Å². The van der Waals surface area contributed by atoms with Crippen LogP contribution in [0.25, 0.3) is 0 Å². The number of esters is 1. The zero-order chi connectivity index (χ0) is 17.6. The molecular formula is C17H26N2O4S. The Bertz CT molecular complexity index is 637. The van der Waals surface area contributed by atoms with E-state index in [1.54, 1.807) is 11.2 Å². The summed E-state index contributed by atoms with van der Waals surface area (Å²) in [6.45, 7) is 6.18. The van der Waals surface area contributed by atoms with Gasteiger partial charge in [-0.15, -0.1) is 0 Å². The van der Waals surface area contributed by atoms with Crippen LogP contribution >= 0.6 is 0 Å². The van der Waals surface area contributed by atoms with Gasteiger partial charge < -0.3 is 10.1 Å². The van der Waals surface area contributed by atoms with Crippen molar-refractivity contribution in [3.05, 3.63) is 29.8 Å². The molecule has 1 aliphatic rings. The third-order valence-electron chi connectivity index (χ3n) is 4.13. The highest BCUT2D eigenvalue weighted by molar-refractivity contribution is 7.89. The van der Waals surface area contributed by atoms with E-state index in [1.807, 2.05) is 6.92 Å². The van der Waals surface area contributed by atoms with Gasteiger partial charge in [0, 0.05) is 12.6 Å². The van der Waals surface area contributed by atoms with Crippen LogP contribution in [-0.4, -0.2) is 51.0 Å². The monoisotopic (exact) mass is 354 g/mol. The van der Waals surface area contributed by atoms with Gasteiger partial charge in [0.15, 0.2) is 0 Å². The van der Waals surface area contributed by atoms with Crippen molar-refractivity contribution >= 4 is 16.0 Å².